The summed E-state index contributed by atoms with van der Waals surface area (Å²) in [5.41, 5.74) is 1.00. The second kappa shape index (κ2) is 3.96. The van der Waals surface area contributed by atoms with Crippen LogP contribution in [0.15, 0.2) is 18.2 Å². The zero-order valence-electron chi connectivity index (χ0n) is 8.98. The molecule has 1 aromatic rings. The summed E-state index contributed by atoms with van der Waals surface area (Å²) >= 11 is 0. The number of aliphatic hydroxyl groups is 1. The summed E-state index contributed by atoms with van der Waals surface area (Å²) in [7, 11) is 0. The molecular formula is C12H15NO3. The maximum Gasteiger partial charge on any atom is 0.166 e. The summed E-state index contributed by atoms with van der Waals surface area (Å²) < 4.78 is 11.2. The van der Waals surface area contributed by atoms with Gasteiger partial charge in [-0.15, -0.1) is 0 Å². The Bertz CT molecular complexity index is 394. The summed E-state index contributed by atoms with van der Waals surface area (Å²) in [5.74, 6) is 1.57. The van der Waals surface area contributed by atoms with Gasteiger partial charge >= 0.3 is 0 Å². The molecule has 0 radical (unpaired) electrons. The fourth-order valence-electron chi connectivity index (χ4n) is 2.35. The minimum Gasteiger partial charge on any atom is -0.486 e. The predicted molar refractivity (Wildman–Crippen MR) is 58.8 cm³/mol. The average Bonchev–Trinajstić information content (AvgIpc) is 2.75. The molecule has 2 atom stereocenters. The molecule has 0 bridgehead atoms. The molecular weight excluding hydrogens is 206 g/mol. The summed E-state index contributed by atoms with van der Waals surface area (Å²) in [6.45, 7) is 2.01. The Balaban J connectivity index is 2.00. The fraction of sp³-hybridized carbons (Fsp3) is 0.500. The van der Waals surface area contributed by atoms with Gasteiger partial charge in [-0.3, -0.25) is 0 Å². The van der Waals surface area contributed by atoms with Crippen molar-refractivity contribution in [2.24, 2.45) is 0 Å². The summed E-state index contributed by atoms with van der Waals surface area (Å²) in [4.78, 5) is 0. The second-order valence-corrected chi connectivity index (χ2v) is 4.16. The second-order valence-electron chi connectivity index (χ2n) is 4.16. The van der Waals surface area contributed by atoms with Crippen molar-refractivity contribution in [1.82, 2.24) is 5.32 Å². The predicted octanol–water partition coefficient (Wildman–Crippen LogP) is 0.853. The normalized spacial score (nSPS) is 28.1. The first-order chi connectivity index (χ1) is 7.86. The van der Waals surface area contributed by atoms with Crippen LogP contribution in [0.3, 0.4) is 0 Å². The van der Waals surface area contributed by atoms with E-state index in [9.17, 15) is 5.11 Å². The van der Waals surface area contributed by atoms with Crippen LogP contribution < -0.4 is 14.8 Å². The number of fused-ring (bicyclic) bond motifs is 1. The van der Waals surface area contributed by atoms with Crippen LogP contribution in [0.4, 0.5) is 0 Å². The Morgan fingerprint density at radius 3 is 2.94 bits per heavy atom. The Morgan fingerprint density at radius 1 is 1.25 bits per heavy atom. The zero-order valence-corrected chi connectivity index (χ0v) is 8.98. The molecule has 0 spiro atoms. The average molecular weight is 221 g/mol. The lowest BCUT2D eigenvalue weighted by Crippen LogP contribution is -2.24. The number of para-hydroxylation sites is 1. The van der Waals surface area contributed by atoms with Crippen LogP contribution in [0.25, 0.3) is 0 Å². The summed E-state index contributed by atoms with van der Waals surface area (Å²) in [5, 5.41) is 13.2. The van der Waals surface area contributed by atoms with E-state index in [-0.39, 0.29) is 12.1 Å². The molecule has 2 N–H and O–H groups in total. The molecule has 0 amide bonds. The Morgan fingerprint density at radius 2 is 2.12 bits per heavy atom. The molecule has 2 heterocycles. The minimum atomic E-state index is -0.336. The van der Waals surface area contributed by atoms with E-state index in [2.05, 4.69) is 5.32 Å². The third-order valence-corrected chi connectivity index (χ3v) is 3.12. The van der Waals surface area contributed by atoms with Gasteiger partial charge in [0.1, 0.15) is 13.2 Å². The first-order valence-corrected chi connectivity index (χ1v) is 5.66. The summed E-state index contributed by atoms with van der Waals surface area (Å²) in [6.07, 6.45) is 0.451. The molecule has 2 aliphatic rings. The van der Waals surface area contributed by atoms with E-state index in [1.807, 2.05) is 18.2 Å². The molecule has 2 aliphatic heterocycles. The van der Waals surface area contributed by atoms with Gasteiger partial charge in [0.2, 0.25) is 0 Å². The van der Waals surface area contributed by atoms with E-state index in [0.29, 0.717) is 13.2 Å². The largest absolute Gasteiger partial charge is 0.486 e. The fourth-order valence-corrected chi connectivity index (χ4v) is 2.35. The number of nitrogens with one attached hydrogen (secondary N) is 1. The van der Waals surface area contributed by atoms with Gasteiger partial charge in [-0.2, -0.15) is 0 Å². The van der Waals surface area contributed by atoms with Gasteiger partial charge in [-0.1, -0.05) is 12.1 Å². The molecule has 4 nitrogen and oxygen atoms in total. The van der Waals surface area contributed by atoms with E-state index in [1.165, 1.54) is 0 Å². The van der Waals surface area contributed by atoms with Crippen molar-refractivity contribution in [3.63, 3.8) is 0 Å². The van der Waals surface area contributed by atoms with Crippen molar-refractivity contribution in [3.8, 4) is 11.5 Å². The lowest BCUT2D eigenvalue weighted by Gasteiger charge is -2.24. The highest BCUT2D eigenvalue weighted by Gasteiger charge is 2.30. The molecule has 3 rings (SSSR count). The smallest absolute Gasteiger partial charge is 0.166 e. The number of rotatable bonds is 1. The molecule has 16 heavy (non-hydrogen) atoms. The lowest BCUT2D eigenvalue weighted by atomic mass is 10.0. The Hall–Kier alpha value is -1.26. The van der Waals surface area contributed by atoms with Crippen molar-refractivity contribution in [1.29, 1.82) is 0 Å². The number of ether oxygens (including phenoxy) is 2. The molecule has 0 aromatic heterocycles. The van der Waals surface area contributed by atoms with Gasteiger partial charge < -0.3 is 19.9 Å². The van der Waals surface area contributed by atoms with Crippen LogP contribution in [0.2, 0.25) is 0 Å². The van der Waals surface area contributed by atoms with Gasteiger partial charge in [0.25, 0.3) is 0 Å². The van der Waals surface area contributed by atoms with Crippen molar-refractivity contribution in [3.05, 3.63) is 23.8 Å². The maximum atomic E-state index is 9.89. The zero-order chi connectivity index (χ0) is 11.0. The highest BCUT2D eigenvalue weighted by molar-refractivity contribution is 5.49. The standard InChI is InChI=1S/C12H15NO3/c14-9-4-5-13-11(9)8-2-1-3-10-12(8)16-7-6-15-10/h1-3,9,11,13-14H,4-7H2. The van der Waals surface area contributed by atoms with Gasteiger partial charge in [0, 0.05) is 5.56 Å². The molecule has 2 unspecified atom stereocenters. The Labute approximate surface area is 94.2 Å². The van der Waals surface area contributed by atoms with Crippen molar-refractivity contribution >= 4 is 0 Å². The SMILES string of the molecule is OC1CCNC1c1cccc2c1OCCO2. The third kappa shape index (κ3) is 1.54. The van der Waals surface area contributed by atoms with Crippen LogP contribution in [0.1, 0.15) is 18.0 Å². The quantitative estimate of drug-likeness (QED) is 0.738. The van der Waals surface area contributed by atoms with Crippen LogP contribution >= 0.6 is 0 Å². The van der Waals surface area contributed by atoms with Gasteiger partial charge in [0.15, 0.2) is 11.5 Å². The van der Waals surface area contributed by atoms with Crippen LogP contribution in [-0.4, -0.2) is 31.0 Å². The summed E-state index contributed by atoms with van der Waals surface area (Å²) in [6, 6.07) is 5.80. The number of aliphatic hydroxyl groups excluding tert-OH is 1. The number of hydrogen-bond acceptors (Lipinski definition) is 4. The molecule has 0 saturated carbocycles. The molecule has 1 aromatic carbocycles. The minimum absolute atomic E-state index is 0.0309. The first kappa shape index (κ1) is 9.93. The van der Waals surface area contributed by atoms with Crippen molar-refractivity contribution < 1.29 is 14.6 Å². The van der Waals surface area contributed by atoms with Gasteiger partial charge in [-0.05, 0) is 19.0 Å². The molecule has 0 aliphatic carbocycles. The van der Waals surface area contributed by atoms with E-state index in [1.54, 1.807) is 0 Å². The monoisotopic (exact) mass is 221 g/mol. The number of hydrogen-bond donors (Lipinski definition) is 2. The maximum absolute atomic E-state index is 9.89. The molecule has 4 heteroatoms. The van der Waals surface area contributed by atoms with Crippen LogP contribution in [-0.2, 0) is 0 Å². The first-order valence-electron chi connectivity index (χ1n) is 5.66. The highest BCUT2D eigenvalue weighted by Crippen LogP contribution is 2.39. The lowest BCUT2D eigenvalue weighted by molar-refractivity contribution is 0.147. The highest BCUT2D eigenvalue weighted by atomic mass is 16.6. The van der Waals surface area contributed by atoms with E-state index >= 15 is 0 Å². The topological polar surface area (TPSA) is 50.7 Å². The van der Waals surface area contributed by atoms with Crippen LogP contribution in [0, 0.1) is 0 Å². The van der Waals surface area contributed by atoms with Gasteiger partial charge in [0.05, 0.1) is 12.1 Å². The van der Waals surface area contributed by atoms with E-state index in [0.717, 1.165) is 30.0 Å². The number of benzene rings is 1. The third-order valence-electron chi connectivity index (χ3n) is 3.12. The van der Waals surface area contributed by atoms with Crippen LogP contribution in [0.5, 0.6) is 11.5 Å². The van der Waals surface area contributed by atoms with Crippen molar-refractivity contribution in [2.75, 3.05) is 19.8 Å². The van der Waals surface area contributed by atoms with Crippen molar-refractivity contribution in [2.45, 2.75) is 18.6 Å². The molecule has 86 valence electrons. The molecule has 1 saturated heterocycles. The molecule has 1 fully saturated rings. The van der Waals surface area contributed by atoms with E-state index in [4.69, 9.17) is 9.47 Å². The Kier molecular flexibility index (Phi) is 2.46. The van der Waals surface area contributed by atoms with E-state index < -0.39 is 0 Å². The van der Waals surface area contributed by atoms with Gasteiger partial charge in [-0.25, -0.2) is 0 Å².